The van der Waals surface area contributed by atoms with Crippen LogP contribution < -0.4 is 0 Å². The zero-order chi connectivity index (χ0) is 11.6. The molecule has 0 spiro atoms. The van der Waals surface area contributed by atoms with Crippen LogP contribution in [0.1, 0.15) is 56.2 Å². The first kappa shape index (κ1) is 13.3. The van der Waals surface area contributed by atoms with Crippen molar-refractivity contribution in [2.45, 2.75) is 45.4 Å². The Morgan fingerprint density at radius 2 is 1.60 bits per heavy atom. The van der Waals surface area contributed by atoms with Crippen LogP contribution in [0, 0.1) is 3.57 Å². The Bertz CT molecular complexity index is 343. The van der Waals surface area contributed by atoms with Crippen molar-refractivity contribution in [2.75, 3.05) is 0 Å². The van der Waals surface area contributed by atoms with E-state index in [9.17, 15) is 0 Å². The molecule has 1 aromatic carbocycles. The average molecular weight is 337 g/mol. The van der Waals surface area contributed by atoms with Crippen LogP contribution in [0.5, 0.6) is 0 Å². The molecule has 0 heterocycles. The highest BCUT2D eigenvalue weighted by Crippen LogP contribution is 2.29. The average Bonchev–Trinajstić information content (AvgIpc) is 2.16. The first-order chi connectivity index (χ1) is 6.97. The summed E-state index contributed by atoms with van der Waals surface area (Å²) in [7, 11) is 0. The lowest BCUT2D eigenvalue weighted by Crippen LogP contribution is -2.01. The zero-order valence-electron chi connectivity index (χ0n) is 9.77. The smallest absolute Gasteiger partial charge is 0.0477 e. The third-order valence-corrected chi connectivity index (χ3v) is 3.87. The monoisotopic (exact) mass is 336 g/mol. The molecule has 0 aromatic heterocycles. The molecule has 1 rings (SSSR count). The normalized spacial score (nSPS) is 11.5. The molecule has 0 N–H and O–H groups in total. The Balaban J connectivity index is 3.30. The second kappa shape index (κ2) is 5.53. The van der Waals surface area contributed by atoms with E-state index in [4.69, 9.17) is 11.6 Å². The van der Waals surface area contributed by atoms with Crippen molar-refractivity contribution in [3.63, 3.8) is 0 Å². The number of rotatable bonds is 3. The van der Waals surface area contributed by atoms with E-state index in [0.29, 0.717) is 17.7 Å². The molecule has 84 valence electrons. The van der Waals surface area contributed by atoms with E-state index < -0.39 is 0 Å². The molecular formula is C13H18ClI. The molecule has 15 heavy (non-hydrogen) atoms. The van der Waals surface area contributed by atoms with Gasteiger partial charge >= 0.3 is 0 Å². The molecular weight excluding hydrogens is 318 g/mol. The second-order valence-corrected chi connectivity index (χ2v) is 5.95. The first-order valence-electron chi connectivity index (χ1n) is 5.35. The molecule has 1 aromatic rings. The SMILES string of the molecule is CC(C)c1cc(C(C)C)c(CCl)cc1I. The van der Waals surface area contributed by atoms with E-state index in [1.165, 1.54) is 20.3 Å². The second-order valence-electron chi connectivity index (χ2n) is 4.52. The number of halogens is 2. The Kier molecular flexibility index (Phi) is 4.91. The number of hydrogen-bond donors (Lipinski definition) is 0. The van der Waals surface area contributed by atoms with Crippen LogP contribution in [0.25, 0.3) is 0 Å². The molecule has 0 amide bonds. The standard InChI is InChI=1S/C13H18ClI/c1-8(2)11-6-12(9(3)4)13(15)5-10(11)7-14/h5-6,8-9H,7H2,1-4H3. The lowest BCUT2D eigenvalue weighted by atomic mass is 9.92. The van der Waals surface area contributed by atoms with E-state index in [2.05, 4.69) is 62.4 Å². The van der Waals surface area contributed by atoms with Gasteiger partial charge in [-0.2, -0.15) is 0 Å². The molecule has 0 atom stereocenters. The van der Waals surface area contributed by atoms with Crippen LogP contribution >= 0.6 is 34.2 Å². The van der Waals surface area contributed by atoms with Crippen molar-refractivity contribution in [2.24, 2.45) is 0 Å². The van der Waals surface area contributed by atoms with Gasteiger partial charge < -0.3 is 0 Å². The van der Waals surface area contributed by atoms with E-state index in [1.54, 1.807) is 0 Å². The first-order valence-corrected chi connectivity index (χ1v) is 6.96. The van der Waals surface area contributed by atoms with Crippen molar-refractivity contribution in [3.05, 3.63) is 32.4 Å². The summed E-state index contributed by atoms with van der Waals surface area (Å²) < 4.78 is 1.34. The molecule has 0 aliphatic rings. The van der Waals surface area contributed by atoms with Crippen LogP contribution in [-0.4, -0.2) is 0 Å². The van der Waals surface area contributed by atoms with Gasteiger partial charge in [-0.1, -0.05) is 33.8 Å². The van der Waals surface area contributed by atoms with Crippen molar-refractivity contribution >= 4 is 34.2 Å². The summed E-state index contributed by atoms with van der Waals surface area (Å²) in [5.41, 5.74) is 4.11. The fourth-order valence-electron chi connectivity index (χ4n) is 1.74. The summed E-state index contributed by atoms with van der Waals surface area (Å²) in [5.74, 6) is 1.74. The maximum atomic E-state index is 5.98. The highest BCUT2D eigenvalue weighted by Gasteiger charge is 2.12. The molecule has 0 fully saturated rings. The summed E-state index contributed by atoms with van der Waals surface area (Å²) in [4.78, 5) is 0. The molecule has 0 radical (unpaired) electrons. The van der Waals surface area contributed by atoms with Crippen LogP contribution in [0.2, 0.25) is 0 Å². The number of alkyl halides is 1. The van der Waals surface area contributed by atoms with Crippen molar-refractivity contribution in [1.82, 2.24) is 0 Å². The predicted molar refractivity (Wildman–Crippen MR) is 76.9 cm³/mol. The number of hydrogen-bond acceptors (Lipinski definition) is 0. The lowest BCUT2D eigenvalue weighted by Gasteiger charge is -2.17. The van der Waals surface area contributed by atoms with Crippen LogP contribution in [-0.2, 0) is 5.88 Å². The van der Waals surface area contributed by atoms with Gasteiger partial charge in [0.1, 0.15) is 0 Å². The molecule has 0 bridgehead atoms. The molecule has 0 aliphatic heterocycles. The maximum absolute atomic E-state index is 5.98. The molecule has 0 nitrogen and oxygen atoms in total. The fraction of sp³-hybridized carbons (Fsp3) is 0.538. The zero-order valence-corrected chi connectivity index (χ0v) is 12.7. The van der Waals surface area contributed by atoms with Crippen molar-refractivity contribution < 1.29 is 0 Å². The van der Waals surface area contributed by atoms with E-state index in [-0.39, 0.29) is 0 Å². The predicted octanol–water partition coefficient (Wildman–Crippen LogP) is 5.28. The van der Waals surface area contributed by atoms with Gasteiger partial charge in [-0.15, -0.1) is 11.6 Å². The van der Waals surface area contributed by atoms with E-state index in [0.717, 1.165) is 0 Å². The third kappa shape index (κ3) is 3.10. The van der Waals surface area contributed by atoms with Gasteiger partial charge in [0.25, 0.3) is 0 Å². The highest BCUT2D eigenvalue weighted by molar-refractivity contribution is 14.1. The largest absolute Gasteiger partial charge is 0.122 e. The van der Waals surface area contributed by atoms with Gasteiger partial charge in [0, 0.05) is 9.45 Å². The van der Waals surface area contributed by atoms with Crippen molar-refractivity contribution in [1.29, 1.82) is 0 Å². The van der Waals surface area contributed by atoms with Gasteiger partial charge in [0.15, 0.2) is 0 Å². The molecule has 0 aliphatic carbocycles. The Hall–Kier alpha value is 0.240. The Labute approximate surface area is 112 Å². The summed E-state index contributed by atoms with van der Waals surface area (Å²) in [6.07, 6.45) is 0. The van der Waals surface area contributed by atoms with Crippen LogP contribution in [0.15, 0.2) is 12.1 Å². The highest BCUT2D eigenvalue weighted by atomic mass is 127. The van der Waals surface area contributed by atoms with Gasteiger partial charge in [0.2, 0.25) is 0 Å². The van der Waals surface area contributed by atoms with Gasteiger partial charge in [-0.3, -0.25) is 0 Å². The minimum atomic E-state index is 0.549. The summed E-state index contributed by atoms with van der Waals surface area (Å²) in [5, 5.41) is 0. The summed E-state index contributed by atoms with van der Waals surface area (Å²) >= 11 is 8.38. The third-order valence-electron chi connectivity index (χ3n) is 2.65. The topological polar surface area (TPSA) is 0 Å². The minimum Gasteiger partial charge on any atom is -0.122 e. The van der Waals surface area contributed by atoms with Gasteiger partial charge in [0.05, 0.1) is 0 Å². The summed E-state index contributed by atoms with van der Waals surface area (Å²) in [6.45, 7) is 8.93. The summed E-state index contributed by atoms with van der Waals surface area (Å²) in [6, 6.07) is 4.56. The molecule has 0 saturated carbocycles. The van der Waals surface area contributed by atoms with Gasteiger partial charge in [-0.25, -0.2) is 0 Å². The molecule has 0 saturated heterocycles. The quantitative estimate of drug-likeness (QED) is 0.520. The molecule has 2 heteroatoms. The van der Waals surface area contributed by atoms with Gasteiger partial charge in [-0.05, 0) is 57.2 Å². The maximum Gasteiger partial charge on any atom is 0.0477 e. The van der Waals surface area contributed by atoms with E-state index >= 15 is 0 Å². The number of benzene rings is 1. The Morgan fingerprint density at radius 1 is 1.07 bits per heavy atom. The minimum absolute atomic E-state index is 0.549. The van der Waals surface area contributed by atoms with Crippen molar-refractivity contribution in [3.8, 4) is 0 Å². The fourth-order valence-corrected chi connectivity index (χ4v) is 3.13. The lowest BCUT2D eigenvalue weighted by molar-refractivity contribution is 0.821. The molecule has 0 unspecified atom stereocenters. The van der Waals surface area contributed by atoms with Crippen LogP contribution in [0.3, 0.4) is 0 Å². The van der Waals surface area contributed by atoms with E-state index in [1.807, 2.05) is 0 Å². The Morgan fingerprint density at radius 3 is 2.00 bits per heavy atom. The van der Waals surface area contributed by atoms with Crippen LogP contribution in [0.4, 0.5) is 0 Å².